The molecular weight excluding hydrogens is 246 g/mol. The minimum atomic E-state index is 0.0415. The average Bonchev–Trinajstić information content (AvgIpc) is 2.95. The number of aryl methyl sites for hydroxylation is 1. The van der Waals surface area contributed by atoms with Gasteiger partial charge in [0.05, 0.1) is 11.2 Å². The molecule has 4 nitrogen and oxygen atoms in total. The van der Waals surface area contributed by atoms with Crippen LogP contribution in [0, 0.1) is 12.8 Å². The molecule has 2 heterocycles. The second-order valence-corrected chi connectivity index (χ2v) is 6.21. The molecule has 0 spiro atoms. The SMILES string of the molecule is Cc1ncsc1C(=O)NC[C@H]1CCN(C2CC2)C1. The van der Waals surface area contributed by atoms with Crippen molar-refractivity contribution in [2.75, 3.05) is 19.6 Å². The van der Waals surface area contributed by atoms with E-state index in [1.807, 2.05) is 6.92 Å². The monoisotopic (exact) mass is 265 g/mol. The fraction of sp³-hybridized carbons (Fsp3) is 0.692. The molecule has 1 aliphatic carbocycles. The molecule has 1 N–H and O–H groups in total. The molecule has 5 heteroatoms. The lowest BCUT2D eigenvalue weighted by Gasteiger charge is -2.15. The van der Waals surface area contributed by atoms with Crippen LogP contribution in [-0.4, -0.2) is 41.5 Å². The minimum Gasteiger partial charge on any atom is -0.351 e. The van der Waals surface area contributed by atoms with E-state index in [1.54, 1.807) is 5.51 Å². The summed E-state index contributed by atoms with van der Waals surface area (Å²) in [7, 11) is 0. The number of aromatic nitrogens is 1. The Morgan fingerprint density at radius 3 is 3.06 bits per heavy atom. The molecule has 1 aliphatic heterocycles. The van der Waals surface area contributed by atoms with E-state index in [9.17, 15) is 4.79 Å². The zero-order valence-corrected chi connectivity index (χ0v) is 11.5. The lowest BCUT2D eigenvalue weighted by Crippen LogP contribution is -2.31. The molecule has 2 aliphatic rings. The van der Waals surface area contributed by atoms with Gasteiger partial charge in [-0.2, -0.15) is 0 Å². The van der Waals surface area contributed by atoms with Gasteiger partial charge in [-0.25, -0.2) is 4.98 Å². The second kappa shape index (κ2) is 4.97. The summed E-state index contributed by atoms with van der Waals surface area (Å²) in [6, 6.07) is 0.856. The maximum atomic E-state index is 12.0. The maximum absolute atomic E-state index is 12.0. The topological polar surface area (TPSA) is 45.2 Å². The van der Waals surface area contributed by atoms with Crippen LogP contribution in [0.2, 0.25) is 0 Å². The Morgan fingerprint density at radius 1 is 1.56 bits per heavy atom. The molecule has 1 aromatic rings. The molecule has 1 amide bonds. The summed E-state index contributed by atoms with van der Waals surface area (Å²) >= 11 is 1.42. The van der Waals surface area contributed by atoms with E-state index in [-0.39, 0.29) is 5.91 Å². The van der Waals surface area contributed by atoms with Crippen LogP contribution in [0.3, 0.4) is 0 Å². The predicted octanol–water partition coefficient (Wildman–Crippen LogP) is 1.67. The Morgan fingerprint density at radius 2 is 2.39 bits per heavy atom. The quantitative estimate of drug-likeness (QED) is 0.900. The summed E-state index contributed by atoms with van der Waals surface area (Å²) in [6.45, 7) is 5.06. The Bertz CT molecular complexity index is 441. The van der Waals surface area contributed by atoms with Crippen molar-refractivity contribution < 1.29 is 4.79 Å². The van der Waals surface area contributed by atoms with Crippen molar-refractivity contribution in [3.8, 4) is 0 Å². The van der Waals surface area contributed by atoms with Crippen molar-refractivity contribution >= 4 is 17.2 Å². The fourth-order valence-electron chi connectivity index (χ4n) is 2.64. The molecular formula is C13H19N3OS. The molecule has 1 aromatic heterocycles. The highest BCUT2D eigenvalue weighted by Gasteiger charge is 2.34. The van der Waals surface area contributed by atoms with E-state index < -0.39 is 0 Å². The first-order valence-electron chi connectivity index (χ1n) is 6.66. The highest BCUT2D eigenvalue weighted by Crippen LogP contribution is 2.31. The van der Waals surface area contributed by atoms with Gasteiger partial charge >= 0.3 is 0 Å². The van der Waals surface area contributed by atoms with Crippen LogP contribution < -0.4 is 5.32 Å². The summed E-state index contributed by atoms with van der Waals surface area (Å²) in [4.78, 5) is 19.4. The zero-order chi connectivity index (χ0) is 12.5. The van der Waals surface area contributed by atoms with Crippen LogP contribution in [0.4, 0.5) is 0 Å². The number of nitrogens with zero attached hydrogens (tertiary/aromatic N) is 2. The predicted molar refractivity (Wildman–Crippen MR) is 71.9 cm³/mol. The number of amides is 1. The first-order chi connectivity index (χ1) is 8.74. The molecule has 0 radical (unpaired) electrons. The van der Waals surface area contributed by atoms with Crippen molar-refractivity contribution in [3.63, 3.8) is 0 Å². The molecule has 0 unspecified atom stereocenters. The molecule has 98 valence electrons. The molecule has 1 atom stereocenters. The van der Waals surface area contributed by atoms with E-state index in [0.29, 0.717) is 5.92 Å². The normalized spacial score (nSPS) is 24.4. The Balaban J connectivity index is 1.47. The lowest BCUT2D eigenvalue weighted by atomic mass is 10.1. The maximum Gasteiger partial charge on any atom is 0.263 e. The zero-order valence-electron chi connectivity index (χ0n) is 10.7. The minimum absolute atomic E-state index is 0.0415. The van der Waals surface area contributed by atoms with Crippen molar-refractivity contribution in [2.45, 2.75) is 32.2 Å². The van der Waals surface area contributed by atoms with Crippen LogP contribution in [0.1, 0.15) is 34.6 Å². The number of rotatable bonds is 4. The molecule has 18 heavy (non-hydrogen) atoms. The Labute approximate surface area is 111 Å². The van der Waals surface area contributed by atoms with Crippen LogP contribution in [0.5, 0.6) is 0 Å². The van der Waals surface area contributed by atoms with E-state index in [4.69, 9.17) is 0 Å². The third-order valence-corrected chi connectivity index (χ3v) is 4.81. The van der Waals surface area contributed by atoms with Crippen LogP contribution in [-0.2, 0) is 0 Å². The number of hydrogen-bond acceptors (Lipinski definition) is 4. The highest BCUT2D eigenvalue weighted by molar-refractivity contribution is 7.11. The van der Waals surface area contributed by atoms with Crippen molar-refractivity contribution in [1.29, 1.82) is 0 Å². The first kappa shape index (κ1) is 12.1. The number of thiazole rings is 1. The number of nitrogens with one attached hydrogen (secondary N) is 1. The number of carbonyl (C=O) groups excluding carboxylic acids is 1. The van der Waals surface area contributed by atoms with Crippen LogP contribution in [0.15, 0.2) is 5.51 Å². The van der Waals surface area contributed by atoms with E-state index >= 15 is 0 Å². The van der Waals surface area contributed by atoms with Crippen molar-refractivity contribution in [1.82, 2.24) is 15.2 Å². The molecule has 0 aromatic carbocycles. The Kier molecular flexibility index (Phi) is 3.35. The third kappa shape index (κ3) is 2.57. The number of carbonyl (C=O) groups is 1. The van der Waals surface area contributed by atoms with Gasteiger partial charge in [-0.3, -0.25) is 4.79 Å². The summed E-state index contributed by atoms with van der Waals surface area (Å²) < 4.78 is 0. The number of likely N-dealkylation sites (tertiary alicyclic amines) is 1. The van der Waals surface area contributed by atoms with Gasteiger partial charge in [-0.05, 0) is 38.6 Å². The van der Waals surface area contributed by atoms with Gasteiger partial charge in [-0.1, -0.05) is 0 Å². The highest BCUT2D eigenvalue weighted by atomic mass is 32.1. The molecule has 0 bridgehead atoms. The fourth-order valence-corrected chi connectivity index (χ4v) is 3.36. The largest absolute Gasteiger partial charge is 0.351 e. The lowest BCUT2D eigenvalue weighted by molar-refractivity contribution is 0.0950. The van der Waals surface area contributed by atoms with E-state index in [1.165, 1.54) is 37.1 Å². The standard InChI is InChI=1S/C13H19N3OS/c1-9-12(18-8-15-9)13(17)14-6-10-4-5-16(7-10)11-2-3-11/h8,10-11H,2-7H2,1H3,(H,14,17)/t10-/m1/s1. The van der Waals surface area contributed by atoms with Crippen LogP contribution >= 0.6 is 11.3 Å². The van der Waals surface area contributed by atoms with Gasteiger partial charge in [0.2, 0.25) is 0 Å². The van der Waals surface area contributed by atoms with E-state index in [0.717, 1.165) is 29.7 Å². The smallest absolute Gasteiger partial charge is 0.263 e. The molecule has 1 saturated heterocycles. The summed E-state index contributed by atoms with van der Waals surface area (Å²) in [5.74, 6) is 0.669. The second-order valence-electron chi connectivity index (χ2n) is 5.36. The van der Waals surface area contributed by atoms with Gasteiger partial charge < -0.3 is 10.2 Å². The van der Waals surface area contributed by atoms with Gasteiger partial charge in [0.1, 0.15) is 4.88 Å². The average molecular weight is 265 g/mol. The van der Waals surface area contributed by atoms with Gasteiger partial charge in [0.15, 0.2) is 0 Å². The van der Waals surface area contributed by atoms with Gasteiger partial charge in [0.25, 0.3) is 5.91 Å². The summed E-state index contributed by atoms with van der Waals surface area (Å²) in [5, 5.41) is 3.05. The third-order valence-electron chi connectivity index (χ3n) is 3.88. The van der Waals surface area contributed by atoms with Gasteiger partial charge in [0, 0.05) is 19.1 Å². The van der Waals surface area contributed by atoms with E-state index in [2.05, 4.69) is 15.2 Å². The van der Waals surface area contributed by atoms with Gasteiger partial charge in [-0.15, -0.1) is 11.3 Å². The molecule has 3 rings (SSSR count). The van der Waals surface area contributed by atoms with Crippen LogP contribution in [0.25, 0.3) is 0 Å². The Hall–Kier alpha value is -0.940. The molecule has 1 saturated carbocycles. The summed E-state index contributed by atoms with van der Waals surface area (Å²) in [6.07, 6.45) is 3.97. The van der Waals surface area contributed by atoms with Crippen molar-refractivity contribution in [2.24, 2.45) is 5.92 Å². The first-order valence-corrected chi connectivity index (χ1v) is 7.54. The summed E-state index contributed by atoms with van der Waals surface area (Å²) in [5.41, 5.74) is 2.57. The molecule has 2 fully saturated rings. The number of hydrogen-bond donors (Lipinski definition) is 1. The van der Waals surface area contributed by atoms with Crippen molar-refractivity contribution in [3.05, 3.63) is 16.1 Å².